The first-order chi connectivity index (χ1) is 8.75. The Kier molecular flexibility index (Phi) is 4.20. The standard InChI is InChI=1S/C15H11FOS/c16-13-9-7-12(8-10-13)4-1-2-5-14(17)15-6-3-11-18-15/h1-11H/b4-1+,5-2+. The van der Waals surface area contributed by atoms with Crippen LogP contribution in [0, 0.1) is 5.82 Å². The average Bonchev–Trinajstić information content (AvgIpc) is 2.90. The van der Waals surface area contributed by atoms with Gasteiger partial charge in [0.2, 0.25) is 0 Å². The first-order valence-electron chi connectivity index (χ1n) is 5.44. The molecule has 0 radical (unpaired) electrons. The predicted octanol–water partition coefficient (Wildman–Crippen LogP) is 4.34. The van der Waals surface area contributed by atoms with Gasteiger partial charge in [-0.05, 0) is 35.2 Å². The van der Waals surface area contributed by atoms with Gasteiger partial charge in [-0.1, -0.05) is 36.4 Å². The van der Waals surface area contributed by atoms with Crippen molar-refractivity contribution in [2.75, 3.05) is 0 Å². The molecule has 0 unspecified atom stereocenters. The van der Waals surface area contributed by atoms with Gasteiger partial charge in [0.05, 0.1) is 4.88 Å². The number of allylic oxidation sites excluding steroid dienone is 3. The Morgan fingerprint density at radius 2 is 1.89 bits per heavy atom. The monoisotopic (exact) mass is 258 g/mol. The number of hydrogen-bond acceptors (Lipinski definition) is 2. The number of thiophene rings is 1. The quantitative estimate of drug-likeness (QED) is 0.453. The van der Waals surface area contributed by atoms with Gasteiger partial charge in [0.15, 0.2) is 5.78 Å². The molecule has 0 N–H and O–H groups in total. The summed E-state index contributed by atoms with van der Waals surface area (Å²) in [4.78, 5) is 12.3. The zero-order valence-corrected chi connectivity index (χ0v) is 10.4. The van der Waals surface area contributed by atoms with Crippen LogP contribution in [0.2, 0.25) is 0 Å². The van der Waals surface area contributed by atoms with E-state index in [0.717, 1.165) is 10.4 Å². The van der Waals surface area contributed by atoms with Crippen LogP contribution in [0.3, 0.4) is 0 Å². The molecule has 1 aromatic heterocycles. The lowest BCUT2D eigenvalue weighted by atomic mass is 10.2. The molecule has 3 heteroatoms. The molecule has 1 aromatic carbocycles. The second kappa shape index (κ2) is 6.07. The minimum atomic E-state index is -0.254. The van der Waals surface area contributed by atoms with E-state index >= 15 is 0 Å². The van der Waals surface area contributed by atoms with Crippen molar-refractivity contribution in [1.82, 2.24) is 0 Å². The molecule has 0 aliphatic carbocycles. The fourth-order valence-corrected chi connectivity index (χ4v) is 2.03. The fourth-order valence-electron chi connectivity index (χ4n) is 1.38. The highest BCUT2D eigenvalue weighted by Gasteiger charge is 1.99. The molecule has 0 saturated carbocycles. The van der Waals surface area contributed by atoms with Crippen LogP contribution in [0.4, 0.5) is 4.39 Å². The molecule has 0 amide bonds. The lowest BCUT2D eigenvalue weighted by molar-refractivity contribution is 0.105. The summed E-state index contributed by atoms with van der Waals surface area (Å²) in [6.45, 7) is 0. The number of halogens is 1. The topological polar surface area (TPSA) is 17.1 Å². The average molecular weight is 258 g/mol. The summed E-state index contributed by atoms with van der Waals surface area (Å²) in [6.07, 6.45) is 6.79. The summed E-state index contributed by atoms with van der Waals surface area (Å²) in [5.41, 5.74) is 0.893. The SMILES string of the molecule is O=C(/C=C/C=C/c1ccc(F)cc1)c1cccs1. The highest BCUT2D eigenvalue weighted by atomic mass is 32.1. The van der Waals surface area contributed by atoms with Crippen molar-refractivity contribution >= 4 is 23.2 Å². The second-order valence-electron chi connectivity index (χ2n) is 3.61. The van der Waals surface area contributed by atoms with E-state index in [0.29, 0.717) is 0 Å². The number of carbonyl (C=O) groups is 1. The molecule has 0 atom stereocenters. The van der Waals surface area contributed by atoms with Crippen LogP contribution < -0.4 is 0 Å². The molecule has 1 heterocycles. The van der Waals surface area contributed by atoms with E-state index in [1.165, 1.54) is 29.5 Å². The molecular weight excluding hydrogens is 247 g/mol. The van der Waals surface area contributed by atoms with Crippen LogP contribution in [-0.2, 0) is 0 Å². The molecule has 18 heavy (non-hydrogen) atoms. The molecule has 2 aromatic rings. The summed E-state index contributed by atoms with van der Waals surface area (Å²) < 4.78 is 12.7. The van der Waals surface area contributed by atoms with Gasteiger partial charge in [-0.25, -0.2) is 4.39 Å². The molecule has 0 fully saturated rings. The number of carbonyl (C=O) groups excluding carboxylic acids is 1. The maximum Gasteiger partial charge on any atom is 0.195 e. The Labute approximate surface area is 109 Å². The second-order valence-corrected chi connectivity index (χ2v) is 4.56. The molecule has 2 rings (SSSR count). The van der Waals surface area contributed by atoms with E-state index < -0.39 is 0 Å². The number of rotatable bonds is 4. The molecule has 0 bridgehead atoms. The van der Waals surface area contributed by atoms with Crippen LogP contribution in [0.15, 0.2) is 60.0 Å². The van der Waals surface area contributed by atoms with Gasteiger partial charge in [-0.2, -0.15) is 0 Å². The van der Waals surface area contributed by atoms with E-state index in [4.69, 9.17) is 0 Å². The van der Waals surface area contributed by atoms with Gasteiger partial charge in [0.1, 0.15) is 5.82 Å². The molecule has 0 saturated heterocycles. The van der Waals surface area contributed by atoms with Crippen LogP contribution in [0.1, 0.15) is 15.2 Å². The third-order valence-electron chi connectivity index (χ3n) is 2.28. The Balaban J connectivity index is 1.95. The molecule has 0 aliphatic heterocycles. The summed E-state index contributed by atoms with van der Waals surface area (Å²) in [6, 6.07) is 9.81. The molecule has 1 nitrogen and oxygen atoms in total. The van der Waals surface area contributed by atoms with Gasteiger partial charge in [-0.3, -0.25) is 4.79 Å². The first kappa shape index (κ1) is 12.5. The zero-order chi connectivity index (χ0) is 12.8. The molecular formula is C15H11FOS. The van der Waals surface area contributed by atoms with Gasteiger partial charge in [-0.15, -0.1) is 11.3 Å². The minimum Gasteiger partial charge on any atom is -0.288 e. The van der Waals surface area contributed by atoms with E-state index in [9.17, 15) is 9.18 Å². The number of hydrogen-bond donors (Lipinski definition) is 0. The first-order valence-corrected chi connectivity index (χ1v) is 6.32. The molecule has 0 spiro atoms. The van der Waals surface area contributed by atoms with Crippen molar-refractivity contribution in [2.24, 2.45) is 0 Å². The zero-order valence-electron chi connectivity index (χ0n) is 9.55. The van der Waals surface area contributed by atoms with Crippen LogP contribution in [0.25, 0.3) is 6.08 Å². The summed E-state index contributed by atoms with van der Waals surface area (Å²) in [7, 11) is 0. The lowest BCUT2D eigenvalue weighted by Gasteiger charge is -1.91. The maximum absolute atomic E-state index is 12.7. The Hall–Kier alpha value is -2.00. The van der Waals surface area contributed by atoms with E-state index in [2.05, 4.69) is 0 Å². The lowest BCUT2D eigenvalue weighted by Crippen LogP contribution is -1.87. The highest BCUT2D eigenvalue weighted by molar-refractivity contribution is 7.12. The Morgan fingerprint density at radius 1 is 1.11 bits per heavy atom. The normalized spacial score (nSPS) is 11.4. The smallest absolute Gasteiger partial charge is 0.195 e. The van der Waals surface area contributed by atoms with Crippen molar-refractivity contribution in [3.05, 3.63) is 76.3 Å². The van der Waals surface area contributed by atoms with Crippen molar-refractivity contribution in [3.63, 3.8) is 0 Å². The molecule has 90 valence electrons. The van der Waals surface area contributed by atoms with Gasteiger partial charge < -0.3 is 0 Å². The van der Waals surface area contributed by atoms with Crippen LogP contribution >= 0.6 is 11.3 Å². The predicted molar refractivity (Wildman–Crippen MR) is 73.2 cm³/mol. The van der Waals surface area contributed by atoms with E-state index in [1.54, 1.807) is 30.4 Å². The summed E-state index contributed by atoms with van der Waals surface area (Å²) >= 11 is 1.42. The largest absolute Gasteiger partial charge is 0.288 e. The van der Waals surface area contributed by atoms with Crippen molar-refractivity contribution in [3.8, 4) is 0 Å². The maximum atomic E-state index is 12.7. The molecule has 0 aliphatic rings. The Morgan fingerprint density at radius 3 is 2.56 bits per heavy atom. The third kappa shape index (κ3) is 3.50. The number of ketones is 1. The van der Waals surface area contributed by atoms with E-state index in [1.807, 2.05) is 17.5 Å². The fraction of sp³-hybridized carbons (Fsp3) is 0. The minimum absolute atomic E-state index is 0.00578. The van der Waals surface area contributed by atoms with Crippen molar-refractivity contribution in [1.29, 1.82) is 0 Å². The summed E-state index contributed by atoms with van der Waals surface area (Å²) in [5.74, 6) is -0.260. The number of benzene rings is 1. The summed E-state index contributed by atoms with van der Waals surface area (Å²) in [5, 5.41) is 1.87. The Bertz CT molecular complexity index is 565. The highest BCUT2D eigenvalue weighted by Crippen LogP contribution is 2.10. The third-order valence-corrected chi connectivity index (χ3v) is 3.17. The van der Waals surface area contributed by atoms with Gasteiger partial charge in [0, 0.05) is 0 Å². The van der Waals surface area contributed by atoms with Crippen LogP contribution in [-0.4, -0.2) is 5.78 Å². The van der Waals surface area contributed by atoms with E-state index in [-0.39, 0.29) is 11.6 Å². The van der Waals surface area contributed by atoms with Gasteiger partial charge >= 0.3 is 0 Å². The van der Waals surface area contributed by atoms with Crippen molar-refractivity contribution in [2.45, 2.75) is 0 Å². The van der Waals surface area contributed by atoms with Gasteiger partial charge in [0.25, 0.3) is 0 Å². The van der Waals surface area contributed by atoms with Crippen LogP contribution in [0.5, 0.6) is 0 Å². The van der Waals surface area contributed by atoms with Crippen molar-refractivity contribution < 1.29 is 9.18 Å².